The number of benzene rings is 2. The Kier molecular flexibility index (Phi) is 9.65. The molecule has 2 aromatic rings. The Bertz CT molecular complexity index is 946. The van der Waals surface area contributed by atoms with Gasteiger partial charge in [0.1, 0.15) is 11.5 Å². The molecule has 170 valence electrons. The molecule has 7 nitrogen and oxygen atoms in total. The molecular weight excluding hydrogens is 416 g/mol. The van der Waals surface area contributed by atoms with E-state index in [9.17, 15) is 13.2 Å². The topological polar surface area (TPSA) is 84.9 Å². The van der Waals surface area contributed by atoms with E-state index in [1.807, 2.05) is 31.2 Å². The zero-order valence-corrected chi connectivity index (χ0v) is 19.3. The number of anilines is 1. The summed E-state index contributed by atoms with van der Waals surface area (Å²) in [6, 6.07) is 14.9. The van der Waals surface area contributed by atoms with Crippen LogP contribution in [0.5, 0.6) is 11.5 Å². The number of para-hydroxylation sites is 3. The molecule has 0 saturated heterocycles. The Morgan fingerprint density at radius 3 is 2.39 bits per heavy atom. The van der Waals surface area contributed by atoms with Gasteiger partial charge < -0.3 is 14.8 Å². The van der Waals surface area contributed by atoms with Crippen LogP contribution in [-0.4, -0.2) is 47.4 Å². The van der Waals surface area contributed by atoms with Crippen LogP contribution in [0, 0.1) is 0 Å². The van der Waals surface area contributed by atoms with Gasteiger partial charge >= 0.3 is 0 Å². The third-order valence-electron chi connectivity index (χ3n) is 4.74. The van der Waals surface area contributed by atoms with Gasteiger partial charge in [-0.2, -0.15) is 0 Å². The average Bonchev–Trinajstić information content (AvgIpc) is 2.74. The molecule has 0 bridgehead atoms. The molecule has 0 aromatic heterocycles. The van der Waals surface area contributed by atoms with Gasteiger partial charge in [0, 0.05) is 19.5 Å². The Morgan fingerprint density at radius 2 is 1.71 bits per heavy atom. The van der Waals surface area contributed by atoms with Gasteiger partial charge in [0.05, 0.1) is 25.7 Å². The molecule has 0 aliphatic rings. The van der Waals surface area contributed by atoms with Crippen molar-refractivity contribution in [1.82, 2.24) is 5.32 Å². The monoisotopic (exact) mass is 448 g/mol. The number of aryl methyl sites for hydroxylation is 1. The molecule has 0 atom stereocenters. The summed E-state index contributed by atoms with van der Waals surface area (Å²) in [7, 11) is -2.00. The normalized spacial score (nSPS) is 11.1. The number of carbonyl (C=O) groups is 1. The molecule has 2 rings (SSSR count). The van der Waals surface area contributed by atoms with Crippen molar-refractivity contribution in [1.29, 1.82) is 0 Å². The van der Waals surface area contributed by atoms with Crippen molar-refractivity contribution in [2.75, 3.05) is 37.4 Å². The van der Waals surface area contributed by atoms with Crippen LogP contribution in [0.4, 0.5) is 5.69 Å². The standard InChI is InChI=1S/C23H32N2O5S/c1-4-30-21-14-7-5-11-19(21)12-9-17-24-23(26)16-10-18-25(31(3,27)28)20-13-6-8-15-22(20)29-2/h5-8,11,13-15H,4,9-10,12,16-18H2,1-3H3,(H,24,26). The summed E-state index contributed by atoms with van der Waals surface area (Å²) in [5, 5.41) is 2.91. The summed E-state index contributed by atoms with van der Waals surface area (Å²) in [6.07, 6.45) is 3.42. The fourth-order valence-electron chi connectivity index (χ4n) is 3.29. The number of sulfonamides is 1. The van der Waals surface area contributed by atoms with E-state index >= 15 is 0 Å². The minimum atomic E-state index is -3.50. The Morgan fingerprint density at radius 1 is 1.03 bits per heavy atom. The van der Waals surface area contributed by atoms with Crippen LogP contribution in [0.3, 0.4) is 0 Å². The molecule has 1 N–H and O–H groups in total. The number of carbonyl (C=O) groups excluding carboxylic acids is 1. The first-order chi connectivity index (χ1) is 14.9. The van der Waals surface area contributed by atoms with Gasteiger partial charge in [0.2, 0.25) is 15.9 Å². The van der Waals surface area contributed by atoms with Gasteiger partial charge in [-0.1, -0.05) is 30.3 Å². The van der Waals surface area contributed by atoms with E-state index in [1.54, 1.807) is 24.3 Å². The second-order valence-electron chi connectivity index (χ2n) is 7.10. The van der Waals surface area contributed by atoms with Crippen LogP contribution in [0.25, 0.3) is 0 Å². The predicted octanol–water partition coefficient (Wildman–Crippen LogP) is 3.39. The molecule has 2 aromatic carbocycles. The Labute approximate surface area is 185 Å². The maximum absolute atomic E-state index is 12.3. The third kappa shape index (κ3) is 7.79. The molecule has 0 aliphatic carbocycles. The van der Waals surface area contributed by atoms with Crippen LogP contribution in [0.2, 0.25) is 0 Å². The lowest BCUT2D eigenvalue weighted by Crippen LogP contribution is -2.32. The van der Waals surface area contributed by atoms with E-state index in [2.05, 4.69) is 5.32 Å². The van der Waals surface area contributed by atoms with E-state index in [0.717, 1.165) is 30.4 Å². The van der Waals surface area contributed by atoms with E-state index in [-0.39, 0.29) is 18.9 Å². The summed E-state index contributed by atoms with van der Waals surface area (Å²) in [4.78, 5) is 12.2. The lowest BCUT2D eigenvalue weighted by Gasteiger charge is -2.24. The SMILES string of the molecule is CCOc1ccccc1CCCNC(=O)CCCN(c1ccccc1OC)S(C)(=O)=O. The molecule has 0 fully saturated rings. The van der Waals surface area contributed by atoms with E-state index in [4.69, 9.17) is 9.47 Å². The molecule has 31 heavy (non-hydrogen) atoms. The molecule has 8 heteroatoms. The lowest BCUT2D eigenvalue weighted by atomic mass is 10.1. The van der Waals surface area contributed by atoms with Crippen molar-refractivity contribution in [3.63, 3.8) is 0 Å². The third-order valence-corrected chi connectivity index (χ3v) is 5.92. The average molecular weight is 449 g/mol. The molecule has 1 amide bonds. The van der Waals surface area contributed by atoms with E-state index < -0.39 is 10.0 Å². The van der Waals surface area contributed by atoms with E-state index in [0.29, 0.717) is 31.0 Å². The van der Waals surface area contributed by atoms with Gasteiger partial charge in [-0.3, -0.25) is 9.10 Å². The Hall–Kier alpha value is -2.74. The highest BCUT2D eigenvalue weighted by Gasteiger charge is 2.20. The summed E-state index contributed by atoms with van der Waals surface area (Å²) in [5.74, 6) is 1.27. The largest absolute Gasteiger partial charge is 0.495 e. The fourth-order valence-corrected chi connectivity index (χ4v) is 4.25. The second kappa shape index (κ2) is 12.2. The molecule has 0 radical (unpaired) electrons. The lowest BCUT2D eigenvalue weighted by molar-refractivity contribution is -0.121. The van der Waals surface area contributed by atoms with Gasteiger partial charge in [-0.15, -0.1) is 0 Å². The number of hydrogen-bond donors (Lipinski definition) is 1. The van der Waals surface area contributed by atoms with Crippen molar-refractivity contribution in [3.8, 4) is 11.5 Å². The van der Waals surface area contributed by atoms with Gasteiger partial charge in [-0.05, 0) is 49.9 Å². The van der Waals surface area contributed by atoms with Gasteiger partial charge in [0.15, 0.2) is 0 Å². The summed E-state index contributed by atoms with van der Waals surface area (Å²) >= 11 is 0. The van der Waals surface area contributed by atoms with E-state index in [1.165, 1.54) is 11.4 Å². The maximum atomic E-state index is 12.3. The predicted molar refractivity (Wildman–Crippen MR) is 123 cm³/mol. The first-order valence-electron chi connectivity index (χ1n) is 10.4. The molecule has 0 saturated carbocycles. The van der Waals surface area contributed by atoms with Crippen LogP contribution < -0.4 is 19.1 Å². The quantitative estimate of drug-likeness (QED) is 0.475. The molecule has 0 spiro atoms. The molecule has 0 heterocycles. The number of ether oxygens (including phenoxy) is 2. The highest BCUT2D eigenvalue weighted by atomic mass is 32.2. The number of hydrogen-bond acceptors (Lipinski definition) is 5. The summed E-state index contributed by atoms with van der Waals surface area (Å²) in [5.41, 5.74) is 1.60. The number of nitrogens with one attached hydrogen (secondary N) is 1. The highest BCUT2D eigenvalue weighted by Crippen LogP contribution is 2.29. The fraction of sp³-hybridized carbons (Fsp3) is 0.435. The van der Waals surface area contributed by atoms with Crippen molar-refractivity contribution in [2.24, 2.45) is 0 Å². The maximum Gasteiger partial charge on any atom is 0.232 e. The van der Waals surface area contributed by atoms with Crippen molar-refractivity contribution >= 4 is 21.6 Å². The van der Waals surface area contributed by atoms with Crippen LogP contribution in [0.15, 0.2) is 48.5 Å². The van der Waals surface area contributed by atoms with Crippen molar-refractivity contribution in [3.05, 3.63) is 54.1 Å². The number of rotatable bonds is 13. The highest BCUT2D eigenvalue weighted by molar-refractivity contribution is 7.92. The molecular formula is C23H32N2O5S. The molecule has 0 unspecified atom stereocenters. The number of methoxy groups -OCH3 is 1. The van der Waals surface area contributed by atoms with Crippen LogP contribution in [0.1, 0.15) is 31.7 Å². The first kappa shape index (κ1) is 24.5. The van der Waals surface area contributed by atoms with Crippen molar-refractivity contribution in [2.45, 2.75) is 32.6 Å². The van der Waals surface area contributed by atoms with Gasteiger partial charge in [0.25, 0.3) is 0 Å². The Balaban J connectivity index is 1.80. The zero-order chi connectivity index (χ0) is 22.7. The van der Waals surface area contributed by atoms with Crippen molar-refractivity contribution < 1.29 is 22.7 Å². The number of nitrogens with zero attached hydrogens (tertiary/aromatic N) is 1. The first-order valence-corrected chi connectivity index (χ1v) is 12.3. The van der Waals surface area contributed by atoms with Crippen LogP contribution in [-0.2, 0) is 21.2 Å². The summed E-state index contributed by atoms with van der Waals surface area (Å²) < 4.78 is 36.7. The minimum absolute atomic E-state index is 0.0911. The smallest absolute Gasteiger partial charge is 0.232 e. The van der Waals surface area contributed by atoms with Gasteiger partial charge in [-0.25, -0.2) is 8.42 Å². The zero-order valence-electron chi connectivity index (χ0n) is 18.5. The minimum Gasteiger partial charge on any atom is -0.495 e. The number of amides is 1. The molecule has 0 aliphatic heterocycles. The second-order valence-corrected chi connectivity index (χ2v) is 9.01. The van der Waals surface area contributed by atoms with Crippen LogP contribution >= 0.6 is 0 Å². The summed E-state index contributed by atoms with van der Waals surface area (Å²) in [6.45, 7) is 3.33.